The smallest absolute Gasteiger partial charge is 0.329 e. The lowest BCUT2D eigenvalue weighted by atomic mass is 10.1. The lowest BCUT2D eigenvalue weighted by Gasteiger charge is -2.30. The third kappa shape index (κ3) is 4.23. The van der Waals surface area contributed by atoms with Gasteiger partial charge in [-0.2, -0.15) is 0 Å². The number of nitrogens with zero attached hydrogens (tertiary/aromatic N) is 1. The SMILES string of the molecule is CCOC(=O)C1CSC(C(C)C)N1C(=O)Cc1ccc(OC)cc1. The number of methoxy groups -OCH3 is 1. The number of esters is 1. The van der Waals surface area contributed by atoms with Crippen molar-refractivity contribution < 1.29 is 19.1 Å². The molecule has 6 heteroatoms. The van der Waals surface area contributed by atoms with Gasteiger partial charge < -0.3 is 14.4 Å². The quantitative estimate of drug-likeness (QED) is 0.738. The second-order valence-corrected chi connectivity index (χ2v) is 7.21. The van der Waals surface area contributed by atoms with E-state index in [1.54, 1.807) is 30.7 Å². The molecule has 0 bridgehead atoms. The molecule has 1 saturated heterocycles. The van der Waals surface area contributed by atoms with Crippen molar-refractivity contribution in [2.45, 2.75) is 38.6 Å². The van der Waals surface area contributed by atoms with Crippen LogP contribution in [0.15, 0.2) is 24.3 Å². The molecule has 2 atom stereocenters. The average Bonchev–Trinajstić information content (AvgIpc) is 3.01. The molecule has 1 amide bonds. The summed E-state index contributed by atoms with van der Waals surface area (Å²) in [5.74, 6) is 1.27. The van der Waals surface area contributed by atoms with E-state index in [2.05, 4.69) is 13.8 Å². The van der Waals surface area contributed by atoms with Gasteiger partial charge in [0.05, 0.1) is 25.5 Å². The topological polar surface area (TPSA) is 55.8 Å². The van der Waals surface area contributed by atoms with Crippen molar-refractivity contribution in [2.75, 3.05) is 19.5 Å². The second kappa shape index (κ2) is 8.42. The van der Waals surface area contributed by atoms with Gasteiger partial charge in [-0.1, -0.05) is 26.0 Å². The van der Waals surface area contributed by atoms with Crippen molar-refractivity contribution in [1.29, 1.82) is 0 Å². The molecule has 1 aliphatic rings. The predicted octanol–water partition coefficient (Wildman–Crippen LogP) is 2.73. The summed E-state index contributed by atoms with van der Waals surface area (Å²) in [5, 5.41) is 0.00477. The Bertz CT molecular complexity index is 573. The maximum atomic E-state index is 12.9. The molecule has 1 aliphatic heterocycles. The molecule has 1 heterocycles. The molecule has 132 valence electrons. The Morgan fingerprint density at radius 2 is 1.96 bits per heavy atom. The molecule has 0 aromatic heterocycles. The van der Waals surface area contributed by atoms with E-state index in [-0.39, 0.29) is 29.6 Å². The number of carbonyl (C=O) groups excluding carboxylic acids is 2. The Hall–Kier alpha value is -1.69. The van der Waals surface area contributed by atoms with Crippen LogP contribution in [-0.2, 0) is 20.7 Å². The van der Waals surface area contributed by atoms with Crippen molar-refractivity contribution in [1.82, 2.24) is 4.90 Å². The summed E-state index contributed by atoms with van der Waals surface area (Å²) in [6, 6.07) is 6.94. The van der Waals surface area contributed by atoms with Gasteiger partial charge in [0.1, 0.15) is 11.8 Å². The zero-order valence-corrected chi connectivity index (χ0v) is 15.5. The fourth-order valence-corrected chi connectivity index (χ4v) is 4.27. The summed E-state index contributed by atoms with van der Waals surface area (Å²) < 4.78 is 10.3. The minimum absolute atomic E-state index is 0.00477. The molecular weight excluding hydrogens is 326 g/mol. The van der Waals surface area contributed by atoms with Crippen molar-refractivity contribution in [3.8, 4) is 5.75 Å². The summed E-state index contributed by atoms with van der Waals surface area (Å²) in [4.78, 5) is 26.8. The van der Waals surface area contributed by atoms with E-state index < -0.39 is 6.04 Å². The highest BCUT2D eigenvalue weighted by molar-refractivity contribution is 8.00. The van der Waals surface area contributed by atoms with E-state index >= 15 is 0 Å². The Kier molecular flexibility index (Phi) is 6.54. The largest absolute Gasteiger partial charge is 0.497 e. The Morgan fingerprint density at radius 3 is 2.50 bits per heavy atom. The number of ether oxygens (including phenoxy) is 2. The highest BCUT2D eigenvalue weighted by Gasteiger charge is 2.43. The summed E-state index contributed by atoms with van der Waals surface area (Å²) in [5.41, 5.74) is 0.905. The van der Waals surface area contributed by atoms with Gasteiger partial charge in [-0.3, -0.25) is 4.79 Å². The fraction of sp³-hybridized carbons (Fsp3) is 0.556. The van der Waals surface area contributed by atoms with Crippen LogP contribution in [-0.4, -0.2) is 47.7 Å². The van der Waals surface area contributed by atoms with Crippen molar-refractivity contribution in [2.24, 2.45) is 5.92 Å². The molecule has 1 aromatic rings. The monoisotopic (exact) mass is 351 g/mol. The van der Waals surface area contributed by atoms with Gasteiger partial charge in [0.2, 0.25) is 5.91 Å². The van der Waals surface area contributed by atoms with E-state index in [1.165, 1.54) is 0 Å². The van der Waals surface area contributed by atoms with Crippen LogP contribution >= 0.6 is 11.8 Å². The molecular formula is C18H25NO4S. The number of amides is 1. The molecule has 1 fully saturated rings. The zero-order valence-electron chi connectivity index (χ0n) is 14.7. The highest BCUT2D eigenvalue weighted by Crippen LogP contribution is 2.35. The zero-order chi connectivity index (χ0) is 17.7. The van der Waals surface area contributed by atoms with E-state index in [4.69, 9.17) is 9.47 Å². The van der Waals surface area contributed by atoms with E-state index in [1.807, 2.05) is 24.3 Å². The standard InChI is InChI=1S/C18H25NO4S/c1-5-23-18(21)15-11-24-17(12(2)3)19(15)16(20)10-13-6-8-14(22-4)9-7-13/h6-9,12,15,17H,5,10-11H2,1-4H3. The van der Waals surface area contributed by atoms with Crippen LogP contribution in [0.25, 0.3) is 0 Å². The van der Waals surface area contributed by atoms with E-state index in [0.29, 0.717) is 12.4 Å². The normalized spacial score (nSPS) is 20.3. The van der Waals surface area contributed by atoms with Crippen LogP contribution in [0, 0.1) is 5.92 Å². The van der Waals surface area contributed by atoms with Crippen molar-refractivity contribution >= 4 is 23.6 Å². The number of benzene rings is 1. The van der Waals surface area contributed by atoms with Crippen LogP contribution in [0.3, 0.4) is 0 Å². The molecule has 1 aromatic carbocycles. The maximum Gasteiger partial charge on any atom is 0.329 e. The van der Waals surface area contributed by atoms with Gasteiger partial charge in [0, 0.05) is 5.75 Å². The third-order valence-corrected chi connectivity index (χ3v) is 5.59. The molecule has 0 aliphatic carbocycles. The van der Waals surface area contributed by atoms with Gasteiger partial charge in [-0.05, 0) is 30.5 Å². The molecule has 0 saturated carbocycles. The summed E-state index contributed by atoms with van der Waals surface area (Å²) in [6.07, 6.45) is 0.268. The van der Waals surface area contributed by atoms with Gasteiger partial charge >= 0.3 is 5.97 Å². The summed E-state index contributed by atoms with van der Waals surface area (Å²) in [7, 11) is 1.61. The molecule has 0 spiro atoms. The lowest BCUT2D eigenvalue weighted by molar-refractivity contribution is -0.153. The molecule has 2 rings (SSSR count). The van der Waals surface area contributed by atoms with Gasteiger partial charge in [-0.25, -0.2) is 4.79 Å². The Morgan fingerprint density at radius 1 is 1.29 bits per heavy atom. The molecule has 5 nitrogen and oxygen atoms in total. The van der Waals surface area contributed by atoms with E-state index in [9.17, 15) is 9.59 Å². The second-order valence-electron chi connectivity index (χ2n) is 6.06. The lowest BCUT2D eigenvalue weighted by Crippen LogP contribution is -2.48. The first-order valence-electron chi connectivity index (χ1n) is 8.20. The van der Waals surface area contributed by atoms with Crippen molar-refractivity contribution in [3.05, 3.63) is 29.8 Å². The van der Waals surface area contributed by atoms with Crippen molar-refractivity contribution in [3.63, 3.8) is 0 Å². The van der Waals surface area contributed by atoms with Crippen LogP contribution in [0.5, 0.6) is 5.75 Å². The van der Waals surface area contributed by atoms with Gasteiger partial charge in [-0.15, -0.1) is 11.8 Å². The summed E-state index contributed by atoms with van der Waals surface area (Å²) in [6.45, 7) is 6.24. The first-order chi connectivity index (χ1) is 11.5. The third-order valence-electron chi connectivity index (χ3n) is 3.97. The Labute approximate surface area is 147 Å². The minimum Gasteiger partial charge on any atom is -0.497 e. The number of rotatable bonds is 6. The number of thioether (sulfide) groups is 1. The number of hydrogen-bond acceptors (Lipinski definition) is 5. The molecule has 2 unspecified atom stereocenters. The first-order valence-corrected chi connectivity index (χ1v) is 9.25. The van der Waals surface area contributed by atoms with E-state index in [0.717, 1.165) is 11.3 Å². The maximum absolute atomic E-state index is 12.9. The number of hydrogen-bond donors (Lipinski definition) is 0. The van der Waals surface area contributed by atoms with Crippen LogP contribution < -0.4 is 4.74 Å². The first kappa shape index (κ1) is 18.6. The summed E-state index contributed by atoms with van der Waals surface area (Å²) >= 11 is 1.65. The van der Waals surface area contributed by atoms with Gasteiger partial charge in [0.15, 0.2) is 0 Å². The molecule has 24 heavy (non-hydrogen) atoms. The minimum atomic E-state index is -0.493. The van der Waals surface area contributed by atoms with Crippen LogP contribution in [0.1, 0.15) is 26.3 Å². The molecule has 0 radical (unpaired) electrons. The van der Waals surface area contributed by atoms with Crippen LogP contribution in [0.4, 0.5) is 0 Å². The average molecular weight is 351 g/mol. The van der Waals surface area contributed by atoms with Crippen LogP contribution in [0.2, 0.25) is 0 Å². The van der Waals surface area contributed by atoms with Gasteiger partial charge in [0.25, 0.3) is 0 Å². The number of carbonyl (C=O) groups is 2. The Balaban J connectivity index is 2.15. The fourth-order valence-electron chi connectivity index (χ4n) is 2.79. The predicted molar refractivity (Wildman–Crippen MR) is 95.0 cm³/mol. The highest BCUT2D eigenvalue weighted by atomic mass is 32.2. The molecule has 0 N–H and O–H groups in total.